The number of carbonyl (C=O) groups is 1. The number of ether oxygens (including phenoxy) is 1. The van der Waals surface area contributed by atoms with Gasteiger partial charge in [-0.1, -0.05) is 6.07 Å². The van der Waals surface area contributed by atoms with Crippen LogP contribution in [0.15, 0.2) is 53.7 Å². The highest BCUT2D eigenvalue weighted by molar-refractivity contribution is 8.00. The van der Waals surface area contributed by atoms with E-state index in [4.69, 9.17) is 4.74 Å². The van der Waals surface area contributed by atoms with Crippen LogP contribution in [0, 0.1) is 0 Å². The van der Waals surface area contributed by atoms with Gasteiger partial charge in [-0.2, -0.15) is 0 Å². The van der Waals surface area contributed by atoms with E-state index in [0.717, 1.165) is 16.3 Å². The van der Waals surface area contributed by atoms with Crippen LogP contribution < -0.4 is 10.1 Å². The Labute approximate surface area is 116 Å². The minimum absolute atomic E-state index is 0.0462. The van der Waals surface area contributed by atoms with Crippen LogP contribution >= 0.6 is 11.8 Å². The number of benzene rings is 1. The maximum absolute atomic E-state index is 11.8. The van der Waals surface area contributed by atoms with E-state index in [0.29, 0.717) is 5.75 Å². The van der Waals surface area contributed by atoms with Crippen LogP contribution in [-0.4, -0.2) is 23.8 Å². The Kier molecular flexibility index (Phi) is 4.80. The molecule has 1 amide bonds. The predicted octanol–water partition coefficient (Wildman–Crippen LogP) is 2.82. The average molecular weight is 274 g/mol. The molecule has 0 fully saturated rings. The lowest BCUT2D eigenvalue weighted by molar-refractivity contribution is -0.113. The van der Waals surface area contributed by atoms with Gasteiger partial charge in [-0.25, -0.2) is 0 Å². The lowest BCUT2D eigenvalue weighted by Gasteiger charge is -2.06. The van der Waals surface area contributed by atoms with E-state index in [1.807, 2.05) is 30.3 Å². The van der Waals surface area contributed by atoms with E-state index in [-0.39, 0.29) is 5.91 Å². The van der Waals surface area contributed by atoms with E-state index >= 15 is 0 Å². The van der Waals surface area contributed by atoms with Crippen LogP contribution in [0.5, 0.6) is 5.75 Å². The van der Waals surface area contributed by atoms with Gasteiger partial charge in [0.15, 0.2) is 0 Å². The molecule has 0 saturated heterocycles. The summed E-state index contributed by atoms with van der Waals surface area (Å²) in [4.78, 5) is 16.8. The molecule has 0 saturated carbocycles. The number of pyridine rings is 1. The molecule has 98 valence electrons. The number of thioether (sulfide) groups is 1. The van der Waals surface area contributed by atoms with E-state index < -0.39 is 0 Å². The molecule has 0 aliphatic carbocycles. The van der Waals surface area contributed by atoms with Gasteiger partial charge < -0.3 is 10.1 Å². The zero-order valence-corrected chi connectivity index (χ0v) is 11.3. The topological polar surface area (TPSA) is 51.2 Å². The maximum atomic E-state index is 11.8. The quantitative estimate of drug-likeness (QED) is 0.852. The summed E-state index contributed by atoms with van der Waals surface area (Å²) in [7, 11) is 1.60. The van der Waals surface area contributed by atoms with E-state index in [1.165, 1.54) is 11.8 Å². The Bertz CT molecular complexity index is 546. The SMILES string of the molecule is COc1cccc(NC(=O)CSc2ccncc2)c1. The van der Waals surface area contributed by atoms with Gasteiger partial charge in [-0.15, -0.1) is 11.8 Å². The highest BCUT2D eigenvalue weighted by atomic mass is 32.2. The molecule has 0 bridgehead atoms. The molecule has 5 heteroatoms. The Morgan fingerprint density at radius 1 is 1.32 bits per heavy atom. The standard InChI is InChI=1S/C14H14N2O2S/c1-18-12-4-2-3-11(9-12)16-14(17)10-19-13-5-7-15-8-6-13/h2-9H,10H2,1H3,(H,16,17). The molecule has 1 heterocycles. The molecule has 0 aliphatic heterocycles. The van der Waals surface area contributed by atoms with Gasteiger partial charge in [0.2, 0.25) is 5.91 Å². The minimum atomic E-state index is -0.0462. The highest BCUT2D eigenvalue weighted by Gasteiger charge is 2.04. The number of nitrogens with one attached hydrogen (secondary N) is 1. The van der Waals surface area contributed by atoms with Crippen LogP contribution in [-0.2, 0) is 4.79 Å². The fourth-order valence-corrected chi connectivity index (χ4v) is 2.17. The smallest absolute Gasteiger partial charge is 0.234 e. The Morgan fingerprint density at radius 3 is 2.84 bits per heavy atom. The number of rotatable bonds is 5. The molecule has 0 radical (unpaired) electrons. The molecule has 1 aromatic carbocycles. The van der Waals surface area contributed by atoms with Gasteiger partial charge >= 0.3 is 0 Å². The summed E-state index contributed by atoms with van der Waals surface area (Å²) in [5.74, 6) is 1.04. The highest BCUT2D eigenvalue weighted by Crippen LogP contribution is 2.19. The van der Waals surface area contributed by atoms with Crippen molar-refractivity contribution in [2.24, 2.45) is 0 Å². The van der Waals surface area contributed by atoms with Gasteiger partial charge in [0.25, 0.3) is 0 Å². The van der Waals surface area contributed by atoms with Crippen LogP contribution in [0.2, 0.25) is 0 Å². The molecule has 1 N–H and O–H groups in total. The third kappa shape index (κ3) is 4.30. The molecular weight excluding hydrogens is 260 g/mol. The largest absolute Gasteiger partial charge is 0.497 e. The summed E-state index contributed by atoms with van der Waals surface area (Å²) in [6.45, 7) is 0. The lowest BCUT2D eigenvalue weighted by Crippen LogP contribution is -2.13. The van der Waals surface area contributed by atoms with Crippen molar-refractivity contribution < 1.29 is 9.53 Å². The number of hydrogen-bond acceptors (Lipinski definition) is 4. The zero-order chi connectivity index (χ0) is 13.5. The van der Waals surface area contributed by atoms with Crippen molar-refractivity contribution in [2.45, 2.75) is 4.90 Å². The van der Waals surface area contributed by atoms with Crippen molar-refractivity contribution in [3.8, 4) is 5.75 Å². The third-order valence-corrected chi connectivity index (χ3v) is 3.39. The number of aromatic nitrogens is 1. The number of methoxy groups -OCH3 is 1. The van der Waals surface area contributed by atoms with Gasteiger partial charge in [0.05, 0.1) is 12.9 Å². The molecule has 2 aromatic rings. The number of nitrogens with zero attached hydrogens (tertiary/aromatic N) is 1. The molecule has 0 spiro atoms. The van der Waals surface area contributed by atoms with Crippen molar-refractivity contribution in [3.05, 3.63) is 48.8 Å². The van der Waals surface area contributed by atoms with Gasteiger partial charge in [-0.3, -0.25) is 9.78 Å². The van der Waals surface area contributed by atoms with E-state index in [1.54, 1.807) is 25.6 Å². The van der Waals surface area contributed by atoms with Gasteiger partial charge in [0, 0.05) is 29.0 Å². The first-order valence-electron chi connectivity index (χ1n) is 5.74. The molecule has 0 atom stereocenters. The Hall–Kier alpha value is -2.01. The summed E-state index contributed by atoms with van der Waals surface area (Å²) < 4.78 is 5.10. The Balaban J connectivity index is 1.87. The second-order valence-electron chi connectivity index (χ2n) is 3.75. The van der Waals surface area contributed by atoms with E-state index in [2.05, 4.69) is 10.3 Å². The minimum Gasteiger partial charge on any atom is -0.497 e. The van der Waals surface area contributed by atoms with Crippen LogP contribution in [0.3, 0.4) is 0 Å². The molecule has 4 nitrogen and oxygen atoms in total. The molecule has 19 heavy (non-hydrogen) atoms. The molecule has 1 aromatic heterocycles. The summed E-state index contributed by atoms with van der Waals surface area (Å²) in [6.07, 6.45) is 3.42. The normalized spacial score (nSPS) is 9.95. The molecule has 2 rings (SSSR count). The van der Waals surface area contributed by atoms with Crippen molar-refractivity contribution >= 4 is 23.4 Å². The fraction of sp³-hybridized carbons (Fsp3) is 0.143. The van der Waals surface area contributed by atoms with Crippen LogP contribution in [0.4, 0.5) is 5.69 Å². The molecular formula is C14H14N2O2S. The summed E-state index contributed by atoms with van der Waals surface area (Å²) in [5.41, 5.74) is 0.736. The molecule has 0 aliphatic rings. The summed E-state index contributed by atoms with van der Waals surface area (Å²) in [6, 6.07) is 11.0. The van der Waals surface area contributed by atoms with Gasteiger partial charge in [0.1, 0.15) is 5.75 Å². The van der Waals surface area contributed by atoms with Crippen molar-refractivity contribution in [3.63, 3.8) is 0 Å². The van der Waals surface area contributed by atoms with Crippen molar-refractivity contribution in [1.82, 2.24) is 4.98 Å². The van der Waals surface area contributed by atoms with Gasteiger partial charge in [-0.05, 0) is 24.3 Å². The predicted molar refractivity (Wildman–Crippen MR) is 76.6 cm³/mol. The number of carbonyl (C=O) groups excluding carboxylic acids is 1. The number of hydrogen-bond donors (Lipinski definition) is 1. The van der Waals surface area contributed by atoms with Crippen LogP contribution in [0.1, 0.15) is 0 Å². The zero-order valence-electron chi connectivity index (χ0n) is 10.5. The fourth-order valence-electron chi connectivity index (χ4n) is 1.48. The second kappa shape index (κ2) is 6.80. The summed E-state index contributed by atoms with van der Waals surface area (Å²) >= 11 is 1.47. The first kappa shape index (κ1) is 13.4. The van der Waals surface area contributed by atoms with Crippen molar-refractivity contribution in [2.75, 3.05) is 18.2 Å². The number of amides is 1. The first-order valence-corrected chi connectivity index (χ1v) is 6.73. The van der Waals surface area contributed by atoms with Crippen LogP contribution in [0.25, 0.3) is 0 Å². The maximum Gasteiger partial charge on any atom is 0.234 e. The number of anilines is 1. The summed E-state index contributed by atoms with van der Waals surface area (Å²) in [5, 5.41) is 2.83. The monoisotopic (exact) mass is 274 g/mol. The first-order chi connectivity index (χ1) is 9.28. The third-order valence-electron chi connectivity index (χ3n) is 2.37. The van der Waals surface area contributed by atoms with Crippen molar-refractivity contribution in [1.29, 1.82) is 0 Å². The average Bonchev–Trinajstić information content (AvgIpc) is 2.46. The lowest BCUT2D eigenvalue weighted by atomic mass is 10.3. The Morgan fingerprint density at radius 2 is 2.11 bits per heavy atom. The van der Waals surface area contributed by atoms with E-state index in [9.17, 15) is 4.79 Å². The molecule has 0 unspecified atom stereocenters. The second-order valence-corrected chi connectivity index (χ2v) is 4.80.